The van der Waals surface area contributed by atoms with Crippen molar-refractivity contribution in [3.8, 4) is 0 Å². The third-order valence-electron chi connectivity index (χ3n) is 5.16. The average Bonchev–Trinajstić information content (AvgIpc) is 3.37. The second-order valence-corrected chi connectivity index (χ2v) is 6.73. The quantitative estimate of drug-likeness (QED) is 0.873. The Kier molecular flexibility index (Phi) is 4.73. The molecule has 2 fully saturated rings. The number of nitrogens with zero attached hydrogens (tertiary/aromatic N) is 3. The first-order valence-corrected chi connectivity index (χ1v) is 8.55. The van der Waals surface area contributed by atoms with E-state index < -0.39 is 0 Å². The molecule has 2 saturated carbocycles. The molecule has 1 aromatic rings. The Morgan fingerprint density at radius 1 is 1.10 bits per heavy atom. The van der Waals surface area contributed by atoms with E-state index >= 15 is 0 Å². The van der Waals surface area contributed by atoms with Crippen LogP contribution in [0.2, 0.25) is 0 Å². The van der Waals surface area contributed by atoms with E-state index in [4.69, 9.17) is 0 Å². The normalized spacial score (nSPS) is 25.8. The Balaban J connectivity index is 1.52. The standard InChI is InChI=1S/C17H28N4/c1-3-13-4-9-16(10-5-13)21(2)17-11-8-15(19-20-17)12-18-14-6-7-14/h8,11,13-14,16,18H,3-7,9-10,12H2,1-2H3. The summed E-state index contributed by atoms with van der Waals surface area (Å²) in [6.07, 6.45) is 9.27. The van der Waals surface area contributed by atoms with Gasteiger partial charge in [-0.25, -0.2) is 0 Å². The summed E-state index contributed by atoms with van der Waals surface area (Å²) in [7, 11) is 2.17. The van der Waals surface area contributed by atoms with Crippen molar-refractivity contribution < 1.29 is 0 Å². The molecule has 0 bridgehead atoms. The fourth-order valence-corrected chi connectivity index (χ4v) is 3.30. The monoisotopic (exact) mass is 288 g/mol. The van der Waals surface area contributed by atoms with Crippen LogP contribution in [0.3, 0.4) is 0 Å². The van der Waals surface area contributed by atoms with Gasteiger partial charge in [0.25, 0.3) is 0 Å². The highest BCUT2D eigenvalue weighted by molar-refractivity contribution is 5.37. The van der Waals surface area contributed by atoms with E-state index in [-0.39, 0.29) is 0 Å². The van der Waals surface area contributed by atoms with Gasteiger partial charge < -0.3 is 10.2 Å². The van der Waals surface area contributed by atoms with Gasteiger partial charge in [0.2, 0.25) is 0 Å². The van der Waals surface area contributed by atoms with E-state index in [1.807, 2.05) is 0 Å². The second-order valence-electron chi connectivity index (χ2n) is 6.73. The Hall–Kier alpha value is -1.16. The summed E-state index contributed by atoms with van der Waals surface area (Å²) >= 11 is 0. The maximum absolute atomic E-state index is 4.43. The summed E-state index contributed by atoms with van der Waals surface area (Å²) < 4.78 is 0. The highest BCUT2D eigenvalue weighted by Gasteiger charge is 2.24. The van der Waals surface area contributed by atoms with Crippen molar-refractivity contribution >= 4 is 5.82 Å². The minimum atomic E-state index is 0.637. The molecule has 1 N–H and O–H groups in total. The van der Waals surface area contributed by atoms with Gasteiger partial charge in [-0.3, -0.25) is 0 Å². The van der Waals surface area contributed by atoms with Crippen LogP contribution in [0.4, 0.5) is 5.82 Å². The zero-order valence-electron chi connectivity index (χ0n) is 13.4. The molecule has 0 saturated heterocycles. The van der Waals surface area contributed by atoms with Gasteiger partial charge in [-0.2, -0.15) is 5.10 Å². The molecular weight excluding hydrogens is 260 g/mol. The number of anilines is 1. The predicted molar refractivity (Wildman–Crippen MR) is 86.3 cm³/mol. The van der Waals surface area contributed by atoms with E-state index in [1.165, 1.54) is 44.9 Å². The zero-order chi connectivity index (χ0) is 14.7. The molecule has 0 radical (unpaired) electrons. The number of rotatable bonds is 6. The van der Waals surface area contributed by atoms with Crippen molar-refractivity contribution in [1.29, 1.82) is 0 Å². The maximum atomic E-state index is 4.43. The molecule has 21 heavy (non-hydrogen) atoms. The van der Waals surface area contributed by atoms with Gasteiger partial charge in [0.05, 0.1) is 5.69 Å². The fourth-order valence-electron chi connectivity index (χ4n) is 3.30. The molecule has 1 heterocycles. The van der Waals surface area contributed by atoms with Crippen molar-refractivity contribution in [2.75, 3.05) is 11.9 Å². The molecule has 3 rings (SSSR count). The highest BCUT2D eigenvalue weighted by Crippen LogP contribution is 2.30. The molecule has 1 aromatic heterocycles. The van der Waals surface area contributed by atoms with Gasteiger partial charge in [0, 0.05) is 25.7 Å². The average molecular weight is 288 g/mol. The minimum Gasteiger partial charge on any atom is -0.355 e. The smallest absolute Gasteiger partial charge is 0.151 e. The molecule has 0 aliphatic heterocycles. The van der Waals surface area contributed by atoms with E-state index in [2.05, 4.69) is 46.5 Å². The van der Waals surface area contributed by atoms with Crippen molar-refractivity contribution in [1.82, 2.24) is 15.5 Å². The third-order valence-corrected chi connectivity index (χ3v) is 5.16. The molecule has 0 unspecified atom stereocenters. The maximum Gasteiger partial charge on any atom is 0.151 e. The topological polar surface area (TPSA) is 41.0 Å². The van der Waals surface area contributed by atoms with Crippen LogP contribution in [0.1, 0.15) is 57.6 Å². The van der Waals surface area contributed by atoms with Crippen molar-refractivity contribution in [3.05, 3.63) is 17.8 Å². The fraction of sp³-hybridized carbons (Fsp3) is 0.765. The molecule has 116 valence electrons. The summed E-state index contributed by atoms with van der Waals surface area (Å²) in [6, 6.07) is 5.61. The summed E-state index contributed by atoms with van der Waals surface area (Å²) in [5.74, 6) is 1.96. The van der Waals surface area contributed by atoms with Crippen LogP contribution < -0.4 is 10.2 Å². The Morgan fingerprint density at radius 3 is 2.43 bits per heavy atom. The number of hydrogen-bond acceptors (Lipinski definition) is 4. The van der Waals surface area contributed by atoms with Crippen LogP contribution in [0.5, 0.6) is 0 Å². The van der Waals surface area contributed by atoms with E-state index in [0.717, 1.165) is 30.0 Å². The van der Waals surface area contributed by atoms with Gasteiger partial charge >= 0.3 is 0 Å². The van der Waals surface area contributed by atoms with E-state index in [9.17, 15) is 0 Å². The predicted octanol–water partition coefficient (Wildman–Crippen LogP) is 3.13. The Bertz CT molecular complexity index is 433. The SMILES string of the molecule is CCC1CCC(N(C)c2ccc(CNC3CC3)nn2)CC1. The van der Waals surface area contributed by atoms with Gasteiger partial charge in [-0.1, -0.05) is 13.3 Å². The van der Waals surface area contributed by atoms with Crippen LogP contribution in [-0.4, -0.2) is 29.3 Å². The molecule has 2 aliphatic carbocycles. The molecule has 0 atom stereocenters. The Morgan fingerprint density at radius 2 is 1.86 bits per heavy atom. The molecule has 0 amide bonds. The van der Waals surface area contributed by atoms with Crippen molar-refractivity contribution in [3.63, 3.8) is 0 Å². The third kappa shape index (κ3) is 3.94. The lowest BCUT2D eigenvalue weighted by Crippen LogP contribution is -2.35. The number of nitrogens with one attached hydrogen (secondary N) is 1. The van der Waals surface area contributed by atoms with E-state index in [0.29, 0.717) is 6.04 Å². The summed E-state index contributed by atoms with van der Waals surface area (Å²) in [5.41, 5.74) is 1.05. The van der Waals surface area contributed by atoms with Crippen LogP contribution in [0.25, 0.3) is 0 Å². The number of hydrogen-bond donors (Lipinski definition) is 1. The summed E-state index contributed by atoms with van der Waals surface area (Å²) in [6.45, 7) is 3.16. The Labute approximate surface area is 128 Å². The van der Waals surface area contributed by atoms with Crippen molar-refractivity contribution in [2.45, 2.75) is 70.5 Å². The highest BCUT2D eigenvalue weighted by atomic mass is 15.3. The molecule has 0 aromatic carbocycles. The van der Waals surface area contributed by atoms with Crippen LogP contribution in [0, 0.1) is 5.92 Å². The molecule has 2 aliphatic rings. The summed E-state index contributed by atoms with van der Waals surface area (Å²) in [5, 5.41) is 12.3. The number of aromatic nitrogens is 2. The summed E-state index contributed by atoms with van der Waals surface area (Å²) in [4.78, 5) is 2.33. The first-order valence-electron chi connectivity index (χ1n) is 8.55. The van der Waals surface area contributed by atoms with Gasteiger partial charge in [-0.05, 0) is 56.6 Å². The molecule has 4 heteroatoms. The molecule has 4 nitrogen and oxygen atoms in total. The van der Waals surface area contributed by atoms with Gasteiger partial charge in [0.1, 0.15) is 0 Å². The second kappa shape index (κ2) is 6.73. The molecular formula is C17H28N4. The van der Waals surface area contributed by atoms with Crippen molar-refractivity contribution in [2.24, 2.45) is 5.92 Å². The first kappa shape index (κ1) is 14.8. The lowest BCUT2D eigenvalue weighted by Gasteiger charge is -2.34. The van der Waals surface area contributed by atoms with E-state index in [1.54, 1.807) is 0 Å². The largest absolute Gasteiger partial charge is 0.355 e. The lowest BCUT2D eigenvalue weighted by atomic mass is 9.84. The van der Waals surface area contributed by atoms with Crippen LogP contribution in [-0.2, 0) is 6.54 Å². The van der Waals surface area contributed by atoms with Crippen LogP contribution in [0.15, 0.2) is 12.1 Å². The van der Waals surface area contributed by atoms with Gasteiger partial charge in [0.15, 0.2) is 5.82 Å². The zero-order valence-corrected chi connectivity index (χ0v) is 13.4. The van der Waals surface area contributed by atoms with Gasteiger partial charge in [-0.15, -0.1) is 5.10 Å². The van der Waals surface area contributed by atoms with Crippen LogP contribution >= 0.6 is 0 Å². The first-order chi connectivity index (χ1) is 10.3. The molecule has 0 spiro atoms. The lowest BCUT2D eigenvalue weighted by molar-refractivity contribution is 0.312. The minimum absolute atomic E-state index is 0.637.